The van der Waals surface area contributed by atoms with Gasteiger partial charge in [0.15, 0.2) is 6.10 Å². The summed E-state index contributed by atoms with van der Waals surface area (Å²) in [4.78, 5) is 20.3. The minimum Gasteiger partial charge on any atom is -0.480 e. The highest BCUT2D eigenvalue weighted by atomic mass is 79.9. The van der Waals surface area contributed by atoms with Gasteiger partial charge in [0.05, 0.1) is 10.7 Å². The van der Waals surface area contributed by atoms with E-state index < -0.39 is 11.9 Å². The number of carbonyl (C=O) groups is 1. The van der Waals surface area contributed by atoms with Crippen molar-refractivity contribution in [3.8, 4) is 17.4 Å². The Hall–Kier alpha value is -3.00. The first-order valence-corrected chi connectivity index (χ1v) is 8.77. The average molecular weight is 432 g/mol. The van der Waals surface area contributed by atoms with E-state index in [0.717, 1.165) is 0 Å². The molecule has 1 atom stereocenters. The monoisotopic (exact) mass is 431 g/mol. The topological polar surface area (TPSA) is 73.3 Å². The number of carbonyl (C=O) groups excluding carboxylic acids is 1. The van der Waals surface area contributed by atoms with Gasteiger partial charge in [0.25, 0.3) is 5.91 Å². The van der Waals surface area contributed by atoms with Gasteiger partial charge in [-0.2, -0.15) is 0 Å². The number of halogens is 2. The fourth-order valence-electron chi connectivity index (χ4n) is 2.15. The van der Waals surface area contributed by atoms with Crippen LogP contribution in [0, 0.1) is 5.82 Å². The van der Waals surface area contributed by atoms with Crippen LogP contribution in [0.1, 0.15) is 6.92 Å². The number of aromatic nitrogens is 2. The lowest BCUT2D eigenvalue weighted by molar-refractivity contribution is -0.122. The lowest BCUT2D eigenvalue weighted by atomic mass is 10.2. The maximum absolute atomic E-state index is 13.1. The van der Waals surface area contributed by atoms with Crippen molar-refractivity contribution >= 4 is 27.5 Å². The number of hydrogen-bond acceptors (Lipinski definition) is 5. The number of nitrogens with one attached hydrogen (secondary N) is 1. The molecule has 0 radical (unpaired) electrons. The van der Waals surface area contributed by atoms with Crippen LogP contribution in [0.2, 0.25) is 0 Å². The summed E-state index contributed by atoms with van der Waals surface area (Å²) in [6.45, 7) is 1.60. The number of nitrogens with zero attached hydrogens (tertiary/aromatic N) is 2. The van der Waals surface area contributed by atoms with Crippen LogP contribution in [-0.4, -0.2) is 22.0 Å². The van der Waals surface area contributed by atoms with E-state index in [1.54, 1.807) is 37.4 Å². The number of amides is 1. The van der Waals surface area contributed by atoms with Crippen LogP contribution < -0.4 is 14.8 Å². The van der Waals surface area contributed by atoms with Gasteiger partial charge < -0.3 is 14.8 Å². The fraction of sp³-hybridized carbons (Fsp3) is 0.105. The zero-order valence-corrected chi connectivity index (χ0v) is 15.8. The Labute approximate surface area is 163 Å². The summed E-state index contributed by atoms with van der Waals surface area (Å²) >= 11 is 3.21. The molecule has 0 saturated heterocycles. The molecule has 0 aliphatic heterocycles. The summed E-state index contributed by atoms with van der Waals surface area (Å²) in [6, 6.07) is 10.8. The van der Waals surface area contributed by atoms with Gasteiger partial charge in [-0.25, -0.2) is 9.37 Å². The third-order valence-electron chi connectivity index (χ3n) is 3.43. The van der Waals surface area contributed by atoms with Gasteiger partial charge in [-0.3, -0.25) is 9.78 Å². The Kier molecular flexibility index (Phi) is 5.97. The molecule has 0 aliphatic carbocycles. The molecule has 27 heavy (non-hydrogen) atoms. The second-order valence-corrected chi connectivity index (χ2v) is 6.35. The normalized spacial score (nSPS) is 11.5. The molecule has 1 amide bonds. The molecule has 138 valence electrons. The fourth-order valence-corrected chi connectivity index (χ4v) is 2.60. The quantitative estimate of drug-likeness (QED) is 0.618. The molecule has 2 aromatic carbocycles. The second kappa shape index (κ2) is 8.59. The molecule has 3 rings (SSSR count). The number of benzene rings is 2. The molecule has 0 fully saturated rings. The lowest BCUT2D eigenvalue weighted by Crippen LogP contribution is -2.30. The summed E-state index contributed by atoms with van der Waals surface area (Å²) in [5.74, 6) is 0.468. The molecule has 1 N–H and O–H groups in total. The largest absolute Gasteiger partial charge is 0.480 e. The van der Waals surface area contributed by atoms with Crippen molar-refractivity contribution in [1.29, 1.82) is 0 Å². The molecule has 0 bridgehead atoms. The first-order valence-electron chi connectivity index (χ1n) is 7.98. The van der Waals surface area contributed by atoms with Crippen LogP contribution in [0.3, 0.4) is 0 Å². The lowest BCUT2D eigenvalue weighted by Gasteiger charge is -2.16. The Bertz CT molecular complexity index is 940. The summed E-state index contributed by atoms with van der Waals surface area (Å²) in [5.41, 5.74) is 0.537. The highest BCUT2D eigenvalue weighted by Crippen LogP contribution is 2.27. The first kappa shape index (κ1) is 18.8. The predicted octanol–water partition coefficient (Wildman–Crippen LogP) is 4.58. The van der Waals surface area contributed by atoms with Crippen LogP contribution in [0.5, 0.6) is 17.4 Å². The van der Waals surface area contributed by atoms with E-state index in [4.69, 9.17) is 9.47 Å². The number of hydrogen-bond donors (Lipinski definition) is 1. The number of ether oxygens (including phenoxy) is 2. The maximum atomic E-state index is 13.1. The molecule has 1 heterocycles. The molecule has 3 aromatic rings. The van der Waals surface area contributed by atoms with Gasteiger partial charge in [-0.05, 0) is 53.2 Å². The summed E-state index contributed by atoms with van der Waals surface area (Å²) < 4.78 is 24.7. The third kappa shape index (κ3) is 5.24. The number of rotatable bonds is 6. The van der Waals surface area contributed by atoms with Crippen LogP contribution in [0.15, 0.2) is 65.5 Å². The van der Waals surface area contributed by atoms with E-state index in [1.165, 1.54) is 30.6 Å². The number of anilines is 1. The minimum absolute atomic E-state index is 0.346. The van der Waals surface area contributed by atoms with Crippen molar-refractivity contribution in [3.05, 3.63) is 71.3 Å². The molecular weight excluding hydrogens is 417 g/mol. The van der Waals surface area contributed by atoms with E-state index in [0.29, 0.717) is 27.5 Å². The van der Waals surface area contributed by atoms with Crippen molar-refractivity contribution in [2.45, 2.75) is 13.0 Å². The average Bonchev–Trinajstić information content (AvgIpc) is 2.65. The van der Waals surface area contributed by atoms with Gasteiger partial charge in [-0.1, -0.05) is 6.07 Å². The van der Waals surface area contributed by atoms with Crippen molar-refractivity contribution in [2.75, 3.05) is 5.32 Å². The Morgan fingerprint density at radius 1 is 1.22 bits per heavy atom. The van der Waals surface area contributed by atoms with E-state index in [1.807, 2.05) is 0 Å². The Morgan fingerprint density at radius 2 is 2.07 bits per heavy atom. The molecule has 8 heteroatoms. The highest BCUT2D eigenvalue weighted by Gasteiger charge is 2.17. The zero-order chi connectivity index (χ0) is 19.2. The van der Waals surface area contributed by atoms with Crippen molar-refractivity contribution in [2.24, 2.45) is 0 Å². The molecule has 0 saturated carbocycles. The zero-order valence-electron chi connectivity index (χ0n) is 14.2. The third-order valence-corrected chi connectivity index (χ3v) is 4.05. The van der Waals surface area contributed by atoms with Crippen molar-refractivity contribution in [3.63, 3.8) is 0 Å². The van der Waals surface area contributed by atoms with Crippen LogP contribution in [0.25, 0.3) is 0 Å². The van der Waals surface area contributed by atoms with Gasteiger partial charge in [-0.15, -0.1) is 0 Å². The summed E-state index contributed by atoms with van der Waals surface area (Å²) in [6.07, 6.45) is 3.76. The van der Waals surface area contributed by atoms with E-state index in [-0.39, 0.29) is 5.91 Å². The van der Waals surface area contributed by atoms with Crippen molar-refractivity contribution < 1.29 is 18.7 Å². The molecule has 0 aliphatic rings. The summed E-state index contributed by atoms with van der Waals surface area (Å²) in [7, 11) is 0. The standard InChI is InChI=1S/C19H15BrFN3O3/c1-12(26-17-6-5-13(21)9-16(17)20)19(25)24-14-3-2-4-15(10-14)27-18-11-22-7-8-23-18/h2-12H,1H3,(H,24,25). The van der Waals surface area contributed by atoms with Crippen LogP contribution in [0.4, 0.5) is 10.1 Å². The Morgan fingerprint density at radius 3 is 2.81 bits per heavy atom. The summed E-state index contributed by atoms with van der Waals surface area (Å²) in [5, 5.41) is 2.75. The molecule has 1 aromatic heterocycles. The predicted molar refractivity (Wildman–Crippen MR) is 101 cm³/mol. The first-order chi connectivity index (χ1) is 13.0. The van der Waals surface area contributed by atoms with Gasteiger partial charge >= 0.3 is 0 Å². The van der Waals surface area contributed by atoms with Crippen LogP contribution in [-0.2, 0) is 4.79 Å². The SMILES string of the molecule is CC(Oc1ccc(F)cc1Br)C(=O)Nc1cccc(Oc2cnccn2)c1. The smallest absolute Gasteiger partial charge is 0.265 e. The van der Waals surface area contributed by atoms with E-state index >= 15 is 0 Å². The molecular formula is C19H15BrFN3O3. The molecule has 1 unspecified atom stereocenters. The van der Waals surface area contributed by atoms with Crippen molar-refractivity contribution in [1.82, 2.24) is 9.97 Å². The molecule has 6 nitrogen and oxygen atoms in total. The molecule has 0 spiro atoms. The minimum atomic E-state index is -0.795. The van der Waals surface area contributed by atoms with Crippen LogP contribution >= 0.6 is 15.9 Å². The highest BCUT2D eigenvalue weighted by molar-refractivity contribution is 9.10. The van der Waals surface area contributed by atoms with Gasteiger partial charge in [0.2, 0.25) is 5.88 Å². The Balaban J connectivity index is 1.64. The van der Waals surface area contributed by atoms with E-state index in [2.05, 4.69) is 31.2 Å². The van der Waals surface area contributed by atoms with E-state index in [9.17, 15) is 9.18 Å². The van der Waals surface area contributed by atoms with Gasteiger partial charge in [0, 0.05) is 24.1 Å². The maximum Gasteiger partial charge on any atom is 0.265 e. The van der Waals surface area contributed by atoms with Gasteiger partial charge in [0.1, 0.15) is 17.3 Å². The second-order valence-electron chi connectivity index (χ2n) is 5.50.